The van der Waals surface area contributed by atoms with E-state index < -0.39 is 0 Å². The van der Waals surface area contributed by atoms with E-state index in [1.54, 1.807) is 0 Å². The van der Waals surface area contributed by atoms with E-state index in [4.69, 9.17) is 0 Å². The summed E-state index contributed by atoms with van der Waals surface area (Å²) in [6.07, 6.45) is 0. The van der Waals surface area contributed by atoms with Gasteiger partial charge in [0.2, 0.25) is 5.91 Å². The number of aromatic nitrogens is 3. The molecule has 0 aliphatic heterocycles. The molecule has 4 rings (SSSR count). The third kappa shape index (κ3) is 5.62. The number of anilines is 2. The maximum Gasteiger partial charge on any atom is 0.234 e. The summed E-state index contributed by atoms with van der Waals surface area (Å²) in [5, 5.41) is 15.9. The van der Waals surface area contributed by atoms with Gasteiger partial charge >= 0.3 is 0 Å². The van der Waals surface area contributed by atoms with Crippen LogP contribution in [0.3, 0.4) is 0 Å². The molecule has 0 fully saturated rings. The van der Waals surface area contributed by atoms with Crippen molar-refractivity contribution in [3.05, 3.63) is 95.3 Å². The number of hydrogen-bond acceptors (Lipinski definition) is 5. The molecule has 33 heavy (non-hydrogen) atoms. The molecule has 1 heterocycles. The smallest absolute Gasteiger partial charge is 0.234 e. The first-order valence-corrected chi connectivity index (χ1v) is 11.8. The van der Waals surface area contributed by atoms with Crippen molar-refractivity contribution >= 4 is 29.0 Å². The summed E-state index contributed by atoms with van der Waals surface area (Å²) < 4.78 is 2.00. The number of carbonyl (C=O) groups is 1. The largest absolute Gasteiger partial charge is 0.378 e. The maximum absolute atomic E-state index is 12.6. The molecule has 0 saturated heterocycles. The van der Waals surface area contributed by atoms with Crippen LogP contribution in [0.25, 0.3) is 5.69 Å². The molecular formula is C26H27N5OS. The van der Waals surface area contributed by atoms with Gasteiger partial charge in [-0.05, 0) is 62.2 Å². The molecule has 0 atom stereocenters. The van der Waals surface area contributed by atoms with Crippen LogP contribution in [-0.4, -0.2) is 26.4 Å². The molecule has 2 N–H and O–H groups in total. The Bertz CT molecular complexity index is 1240. The zero-order valence-electron chi connectivity index (χ0n) is 19.0. The van der Waals surface area contributed by atoms with E-state index >= 15 is 0 Å². The monoisotopic (exact) mass is 457 g/mol. The Balaban J connectivity index is 1.49. The summed E-state index contributed by atoms with van der Waals surface area (Å²) in [6.45, 7) is 6.63. The first-order chi connectivity index (χ1) is 16.0. The average molecular weight is 458 g/mol. The SMILES string of the molecule is Cc1ccc(NCc2nnc(SCC(=O)Nc3cccc(C)c3C)n2-c2ccccc2)cc1. The highest BCUT2D eigenvalue weighted by molar-refractivity contribution is 7.99. The Hall–Kier alpha value is -3.58. The molecule has 4 aromatic rings. The number of benzene rings is 3. The van der Waals surface area contributed by atoms with Crippen LogP contribution >= 0.6 is 11.8 Å². The molecule has 0 aliphatic rings. The molecule has 3 aromatic carbocycles. The van der Waals surface area contributed by atoms with E-state index in [1.165, 1.54) is 17.3 Å². The number of nitrogens with one attached hydrogen (secondary N) is 2. The van der Waals surface area contributed by atoms with E-state index in [0.717, 1.165) is 34.0 Å². The quantitative estimate of drug-likeness (QED) is 0.340. The van der Waals surface area contributed by atoms with E-state index in [-0.39, 0.29) is 11.7 Å². The fraction of sp³-hybridized carbons (Fsp3) is 0.192. The Kier molecular flexibility index (Phi) is 7.10. The van der Waals surface area contributed by atoms with Crippen molar-refractivity contribution in [2.75, 3.05) is 16.4 Å². The van der Waals surface area contributed by atoms with E-state index in [2.05, 4.69) is 39.9 Å². The highest BCUT2D eigenvalue weighted by Crippen LogP contribution is 2.24. The number of amides is 1. The van der Waals surface area contributed by atoms with Crippen LogP contribution in [0, 0.1) is 20.8 Å². The van der Waals surface area contributed by atoms with E-state index in [1.807, 2.05) is 79.1 Å². The molecule has 168 valence electrons. The number of thioether (sulfide) groups is 1. The zero-order chi connectivity index (χ0) is 23.2. The summed E-state index contributed by atoms with van der Waals surface area (Å²) >= 11 is 1.37. The van der Waals surface area contributed by atoms with Crippen molar-refractivity contribution in [2.45, 2.75) is 32.5 Å². The number of nitrogens with zero attached hydrogens (tertiary/aromatic N) is 3. The standard InChI is InChI=1S/C26H27N5OS/c1-18-12-14-21(15-13-18)27-16-24-29-30-26(31(24)22-9-5-4-6-10-22)33-17-25(32)28-23-11-7-8-19(2)20(23)3/h4-15,27H,16-17H2,1-3H3,(H,28,32). The molecule has 0 spiro atoms. The summed E-state index contributed by atoms with van der Waals surface area (Å²) in [5.74, 6) is 0.943. The van der Waals surface area contributed by atoms with E-state index in [9.17, 15) is 4.79 Å². The van der Waals surface area contributed by atoms with Gasteiger partial charge in [0.05, 0.1) is 12.3 Å². The summed E-state index contributed by atoms with van der Waals surface area (Å²) in [7, 11) is 0. The number of aryl methyl sites for hydroxylation is 2. The minimum absolute atomic E-state index is 0.0735. The molecule has 0 radical (unpaired) electrons. The van der Waals surface area contributed by atoms with Gasteiger partial charge in [-0.15, -0.1) is 10.2 Å². The Morgan fingerprint density at radius 2 is 1.67 bits per heavy atom. The number of para-hydroxylation sites is 1. The van der Waals surface area contributed by atoms with Gasteiger partial charge < -0.3 is 10.6 Å². The minimum Gasteiger partial charge on any atom is -0.378 e. The van der Waals surface area contributed by atoms with Gasteiger partial charge in [0.25, 0.3) is 0 Å². The second kappa shape index (κ2) is 10.4. The van der Waals surface area contributed by atoms with Crippen LogP contribution in [-0.2, 0) is 11.3 Å². The average Bonchev–Trinajstić information content (AvgIpc) is 3.24. The van der Waals surface area contributed by atoms with Crippen molar-refractivity contribution in [2.24, 2.45) is 0 Å². The lowest BCUT2D eigenvalue weighted by atomic mass is 10.1. The molecule has 1 aromatic heterocycles. The van der Waals surface area contributed by atoms with Crippen molar-refractivity contribution in [1.82, 2.24) is 14.8 Å². The van der Waals surface area contributed by atoms with Crippen LogP contribution in [0.15, 0.2) is 78.0 Å². The number of hydrogen-bond donors (Lipinski definition) is 2. The lowest BCUT2D eigenvalue weighted by Gasteiger charge is -2.12. The fourth-order valence-electron chi connectivity index (χ4n) is 3.40. The Morgan fingerprint density at radius 1 is 0.909 bits per heavy atom. The lowest BCUT2D eigenvalue weighted by Crippen LogP contribution is -2.16. The molecule has 0 bridgehead atoms. The highest BCUT2D eigenvalue weighted by Gasteiger charge is 2.16. The number of carbonyl (C=O) groups excluding carboxylic acids is 1. The predicted molar refractivity (Wildman–Crippen MR) is 135 cm³/mol. The molecule has 1 amide bonds. The first-order valence-electron chi connectivity index (χ1n) is 10.8. The summed E-state index contributed by atoms with van der Waals surface area (Å²) in [5.41, 5.74) is 6.26. The van der Waals surface area contributed by atoms with Gasteiger partial charge in [0, 0.05) is 17.1 Å². The van der Waals surface area contributed by atoms with Gasteiger partial charge in [0.15, 0.2) is 11.0 Å². The Labute approximate surface area is 198 Å². The minimum atomic E-state index is -0.0735. The second-order valence-corrected chi connectivity index (χ2v) is 8.82. The van der Waals surface area contributed by atoms with Crippen molar-refractivity contribution in [3.63, 3.8) is 0 Å². The van der Waals surface area contributed by atoms with Crippen molar-refractivity contribution in [3.8, 4) is 5.69 Å². The van der Waals surface area contributed by atoms with Gasteiger partial charge in [-0.2, -0.15) is 0 Å². The highest BCUT2D eigenvalue weighted by atomic mass is 32.2. The fourth-order valence-corrected chi connectivity index (χ4v) is 4.17. The van der Waals surface area contributed by atoms with Gasteiger partial charge in [-0.25, -0.2) is 0 Å². The molecule has 0 aliphatic carbocycles. The zero-order valence-corrected chi connectivity index (χ0v) is 19.8. The van der Waals surface area contributed by atoms with E-state index in [0.29, 0.717) is 11.7 Å². The van der Waals surface area contributed by atoms with Crippen LogP contribution in [0.5, 0.6) is 0 Å². The van der Waals surface area contributed by atoms with Gasteiger partial charge in [-0.3, -0.25) is 9.36 Å². The summed E-state index contributed by atoms with van der Waals surface area (Å²) in [6, 6.07) is 24.1. The first kappa shape index (κ1) is 22.6. The third-order valence-electron chi connectivity index (χ3n) is 5.43. The van der Waals surface area contributed by atoms with Crippen LogP contribution < -0.4 is 10.6 Å². The molecule has 0 unspecified atom stereocenters. The maximum atomic E-state index is 12.6. The molecule has 6 nitrogen and oxygen atoms in total. The third-order valence-corrected chi connectivity index (χ3v) is 6.36. The molecular weight excluding hydrogens is 430 g/mol. The molecule has 0 saturated carbocycles. The normalized spacial score (nSPS) is 10.8. The lowest BCUT2D eigenvalue weighted by molar-refractivity contribution is -0.113. The summed E-state index contributed by atoms with van der Waals surface area (Å²) in [4.78, 5) is 12.6. The van der Waals surface area contributed by atoms with Gasteiger partial charge in [-0.1, -0.05) is 59.8 Å². The van der Waals surface area contributed by atoms with Gasteiger partial charge in [0.1, 0.15) is 0 Å². The topological polar surface area (TPSA) is 71.8 Å². The second-order valence-electron chi connectivity index (χ2n) is 7.87. The van der Waals surface area contributed by atoms with Crippen LogP contribution in [0.4, 0.5) is 11.4 Å². The van der Waals surface area contributed by atoms with Crippen LogP contribution in [0.2, 0.25) is 0 Å². The molecule has 7 heteroatoms. The predicted octanol–water partition coefficient (Wildman–Crippen LogP) is 5.54. The van der Waals surface area contributed by atoms with Crippen molar-refractivity contribution < 1.29 is 4.79 Å². The number of rotatable bonds is 8. The Morgan fingerprint density at radius 3 is 2.42 bits per heavy atom. The van der Waals surface area contributed by atoms with Crippen LogP contribution in [0.1, 0.15) is 22.5 Å². The van der Waals surface area contributed by atoms with Crippen molar-refractivity contribution in [1.29, 1.82) is 0 Å².